The Labute approximate surface area is 131 Å². The topological polar surface area (TPSA) is 52.6 Å². The summed E-state index contributed by atoms with van der Waals surface area (Å²) in [7, 11) is 0. The zero-order chi connectivity index (χ0) is 15.7. The molecule has 1 heterocycles. The Kier molecular flexibility index (Phi) is 3.91. The van der Waals surface area contributed by atoms with Gasteiger partial charge in [0.15, 0.2) is 0 Å². The summed E-state index contributed by atoms with van der Waals surface area (Å²) in [5.74, 6) is 0.227. The predicted molar refractivity (Wildman–Crippen MR) is 83.9 cm³/mol. The second-order valence-electron chi connectivity index (χ2n) is 6.41. The van der Waals surface area contributed by atoms with Crippen molar-refractivity contribution in [1.29, 1.82) is 0 Å². The van der Waals surface area contributed by atoms with E-state index in [0.29, 0.717) is 12.6 Å². The summed E-state index contributed by atoms with van der Waals surface area (Å²) in [5.41, 5.74) is 0.491. The normalized spacial score (nSPS) is 25.0. The molecule has 2 aliphatic rings. The summed E-state index contributed by atoms with van der Waals surface area (Å²) >= 11 is 0. The standard InChI is InChI=1S/C17H23N3O2/c1-3-19(11-13-7-5-4-6-8-13)12-20-15(21)17(2,14-9-10-14)18-16(20)22/h4-8,14H,3,9-12H2,1-2H3,(H,18,22)/t17-/m1/s1. The highest BCUT2D eigenvalue weighted by molar-refractivity contribution is 6.07. The molecule has 1 aliphatic carbocycles. The SMILES string of the molecule is CCN(Cc1ccccc1)CN1C(=O)N[C@](C)(C2CC2)C1=O. The molecular weight excluding hydrogens is 278 g/mol. The van der Waals surface area contributed by atoms with Crippen molar-refractivity contribution < 1.29 is 9.59 Å². The quantitative estimate of drug-likeness (QED) is 0.820. The molecule has 0 spiro atoms. The average molecular weight is 301 g/mol. The van der Waals surface area contributed by atoms with Crippen LogP contribution < -0.4 is 5.32 Å². The molecule has 2 fully saturated rings. The number of nitrogens with zero attached hydrogens (tertiary/aromatic N) is 2. The van der Waals surface area contributed by atoms with Gasteiger partial charge in [0.25, 0.3) is 5.91 Å². The molecule has 5 nitrogen and oxygen atoms in total. The smallest absolute Gasteiger partial charge is 0.323 e. The van der Waals surface area contributed by atoms with Crippen LogP contribution in [0.2, 0.25) is 0 Å². The van der Waals surface area contributed by atoms with Crippen LogP contribution in [0, 0.1) is 5.92 Å². The fourth-order valence-electron chi connectivity index (χ4n) is 3.08. The Morgan fingerprint density at radius 3 is 2.55 bits per heavy atom. The fourth-order valence-corrected chi connectivity index (χ4v) is 3.08. The second kappa shape index (κ2) is 5.72. The molecule has 1 saturated carbocycles. The molecule has 1 aromatic rings. The summed E-state index contributed by atoms with van der Waals surface area (Å²) in [6.45, 7) is 5.76. The molecular formula is C17H23N3O2. The molecule has 1 aromatic carbocycles. The van der Waals surface area contributed by atoms with E-state index >= 15 is 0 Å². The van der Waals surface area contributed by atoms with Crippen LogP contribution in [0.15, 0.2) is 30.3 Å². The van der Waals surface area contributed by atoms with Gasteiger partial charge in [-0.15, -0.1) is 0 Å². The number of imide groups is 1. The molecule has 1 aliphatic heterocycles. The van der Waals surface area contributed by atoms with Gasteiger partial charge in [-0.2, -0.15) is 0 Å². The Morgan fingerprint density at radius 2 is 1.95 bits per heavy atom. The maximum absolute atomic E-state index is 12.6. The van der Waals surface area contributed by atoms with E-state index in [4.69, 9.17) is 0 Å². The minimum atomic E-state index is -0.691. The van der Waals surface area contributed by atoms with Crippen molar-refractivity contribution in [2.75, 3.05) is 13.2 Å². The van der Waals surface area contributed by atoms with Crippen molar-refractivity contribution in [1.82, 2.24) is 15.1 Å². The van der Waals surface area contributed by atoms with Crippen LogP contribution in [-0.2, 0) is 11.3 Å². The summed E-state index contributed by atoms with van der Waals surface area (Å²) in [6, 6.07) is 9.84. The van der Waals surface area contributed by atoms with Crippen LogP contribution in [0.1, 0.15) is 32.3 Å². The molecule has 1 atom stereocenters. The van der Waals surface area contributed by atoms with Crippen LogP contribution in [0.3, 0.4) is 0 Å². The highest BCUT2D eigenvalue weighted by Crippen LogP contribution is 2.42. The Balaban J connectivity index is 1.68. The Morgan fingerprint density at radius 1 is 1.27 bits per heavy atom. The number of urea groups is 1. The van der Waals surface area contributed by atoms with E-state index in [1.54, 1.807) is 0 Å². The molecule has 118 valence electrons. The van der Waals surface area contributed by atoms with E-state index in [2.05, 4.69) is 22.3 Å². The second-order valence-corrected chi connectivity index (χ2v) is 6.41. The number of rotatable bonds is 6. The first-order valence-corrected chi connectivity index (χ1v) is 7.95. The van der Waals surface area contributed by atoms with E-state index in [-0.39, 0.29) is 11.9 Å². The van der Waals surface area contributed by atoms with Gasteiger partial charge in [0.2, 0.25) is 0 Å². The van der Waals surface area contributed by atoms with Crippen LogP contribution in [0.4, 0.5) is 4.79 Å². The molecule has 0 unspecified atom stereocenters. The number of nitrogens with one attached hydrogen (secondary N) is 1. The Hall–Kier alpha value is -1.88. The zero-order valence-electron chi connectivity index (χ0n) is 13.2. The van der Waals surface area contributed by atoms with Gasteiger partial charge in [-0.1, -0.05) is 37.3 Å². The third kappa shape index (κ3) is 2.73. The van der Waals surface area contributed by atoms with Gasteiger partial charge < -0.3 is 5.32 Å². The fraction of sp³-hybridized carbons (Fsp3) is 0.529. The summed E-state index contributed by atoms with van der Waals surface area (Å²) in [4.78, 5) is 28.3. The largest absolute Gasteiger partial charge is 0.326 e. The van der Waals surface area contributed by atoms with Crippen molar-refractivity contribution in [2.24, 2.45) is 5.92 Å². The molecule has 22 heavy (non-hydrogen) atoms. The van der Waals surface area contributed by atoms with Crippen LogP contribution in [-0.4, -0.2) is 40.5 Å². The molecule has 0 radical (unpaired) electrons. The summed E-state index contributed by atoms with van der Waals surface area (Å²) < 4.78 is 0. The third-order valence-electron chi connectivity index (χ3n) is 4.73. The van der Waals surface area contributed by atoms with Crippen molar-refractivity contribution in [3.05, 3.63) is 35.9 Å². The summed E-state index contributed by atoms with van der Waals surface area (Å²) in [5, 5.41) is 2.90. The maximum Gasteiger partial charge on any atom is 0.326 e. The number of benzene rings is 1. The van der Waals surface area contributed by atoms with E-state index in [9.17, 15) is 9.59 Å². The van der Waals surface area contributed by atoms with Gasteiger partial charge in [-0.05, 0) is 37.8 Å². The van der Waals surface area contributed by atoms with Gasteiger partial charge >= 0.3 is 6.03 Å². The third-order valence-corrected chi connectivity index (χ3v) is 4.73. The van der Waals surface area contributed by atoms with Crippen molar-refractivity contribution in [3.63, 3.8) is 0 Å². The minimum absolute atomic E-state index is 0.0773. The molecule has 1 saturated heterocycles. The van der Waals surface area contributed by atoms with Gasteiger partial charge in [0.1, 0.15) is 5.54 Å². The first-order valence-electron chi connectivity index (χ1n) is 7.95. The minimum Gasteiger partial charge on any atom is -0.323 e. The molecule has 0 aromatic heterocycles. The molecule has 0 bridgehead atoms. The molecule has 5 heteroatoms. The molecule has 1 N–H and O–H groups in total. The zero-order valence-corrected chi connectivity index (χ0v) is 13.2. The van der Waals surface area contributed by atoms with Crippen molar-refractivity contribution in [3.8, 4) is 0 Å². The van der Waals surface area contributed by atoms with Crippen molar-refractivity contribution in [2.45, 2.75) is 38.8 Å². The van der Waals surface area contributed by atoms with Crippen molar-refractivity contribution >= 4 is 11.9 Å². The van der Waals surface area contributed by atoms with E-state index in [0.717, 1.165) is 25.9 Å². The van der Waals surface area contributed by atoms with E-state index in [1.807, 2.05) is 32.0 Å². The van der Waals surface area contributed by atoms with Gasteiger partial charge in [-0.25, -0.2) is 9.69 Å². The first kappa shape index (κ1) is 15.0. The van der Waals surface area contributed by atoms with Crippen LogP contribution in [0.25, 0.3) is 0 Å². The number of amides is 3. The van der Waals surface area contributed by atoms with Gasteiger partial charge in [0.05, 0.1) is 6.67 Å². The summed E-state index contributed by atoms with van der Waals surface area (Å²) in [6.07, 6.45) is 2.05. The number of hydrogen-bond acceptors (Lipinski definition) is 3. The monoisotopic (exact) mass is 301 g/mol. The molecule has 3 amide bonds. The van der Waals surface area contributed by atoms with E-state index < -0.39 is 5.54 Å². The number of hydrogen-bond donors (Lipinski definition) is 1. The van der Waals surface area contributed by atoms with Gasteiger partial charge in [0, 0.05) is 6.54 Å². The average Bonchev–Trinajstić information content (AvgIpc) is 3.33. The lowest BCUT2D eigenvalue weighted by Crippen LogP contribution is -2.47. The van der Waals surface area contributed by atoms with Crippen LogP contribution in [0.5, 0.6) is 0 Å². The highest BCUT2D eigenvalue weighted by atomic mass is 16.2. The highest BCUT2D eigenvalue weighted by Gasteiger charge is 2.56. The number of carbonyl (C=O) groups excluding carboxylic acids is 2. The van der Waals surface area contributed by atoms with Crippen LogP contribution >= 0.6 is 0 Å². The lowest BCUT2D eigenvalue weighted by Gasteiger charge is -2.26. The lowest BCUT2D eigenvalue weighted by atomic mass is 9.96. The predicted octanol–water partition coefficient (Wildman–Crippen LogP) is 2.19. The number of carbonyl (C=O) groups is 2. The van der Waals surface area contributed by atoms with E-state index in [1.165, 1.54) is 10.5 Å². The maximum atomic E-state index is 12.6. The first-order chi connectivity index (χ1) is 10.5. The molecule has 3 rings (SSSR count). The lowest BCUT2D eigenvalue weighted by molar-refractivity contribution is -0.133. The Bertz CT molecular complexity index is 571. The van der Waals surface area contributed by atoms with Gasteiger partial charge in [-0.3, -0.25) is 9.69 Å².